The highest BCUT2D eigenvalue weighted by Crippen LogP contribution is 2.33. The van der Waals surface area contributed by atoms with Crippen LogP contribution in [-0.2, 0) is 0 Å². The summed E-state index contributed by atoms with van der Waals surface area (Å²) in [5, 5.41) is 11.4. The summed E-state index contributed by atoms with van der Waals surface area (Å²) >= 11 is 6.35. The molecule has 1 aliphatic heterocycles. The molecule has 2 N–H and O–H groups in total. The van der Waals surface area contributed by atoms with Gasteiger partial charge in [0.25, 0.3) is 5.91 Å². The van der Waals surface area contributed by atoms with E-state index in [1.165, 1.54) is 18.1 Å². The summed E-state index contributed by atoms with van der Waals surface area (Å²) in [7, 11) is 1.51. The van der Waals surface area contributed by atoms with Gasteiger partial charge in [-0.1, -0.05) is 25.4 Å². The molecule has 1 amide bonds. The first kappa shape index (κ1) is 17.6. The molecule has 134 valence electrons. The first-order chi connectivity index (χ1) is 11.8. The van der Waals surface area contributed by atoms with Crippen LogP contribution in [0.15, 0.2) is 18.5 Å². The number of piperidine rings is 1. The summed E-state index contributed by atoms with van der Waals surface area (Å²) in [6, 6.07) is 3.33. The van der Waals surface area contributed by atoms with Crippen LogP contribution in [-0.4, -0.2) is 57.3 Å². The molecule has 1 atom stereocenters. The summed E-state index contributed by atoms with van der Waals surface area (Å²) in [4.78, 5) is 14.8. The van der Waals surface area contributed by atoms with Gasteiger partial charge < -0.3 is 15.4 Å². The number of amides is 1. The molecule has 1 unspecified atom stereocenters. The van der Waals surface area contributed by atoms with Crippen LogP contribution < -0.4 is 10.5 Å². The third-order valence-corrected chi connectivity index (χ3v) is 5.00. The van der Waals surface area contributed by atoms with Crippen molar-refractivity contribution >= 4 is 17.5 Å². The van der Waals surface area contributed by atoms with Crippen molar-refractivity contribution in [1.82, 2.24) is 25.1 Å². The molecule has 8 nitrogen and oxygen atoms in total. The second-order valence-corrected chi connectivity index (χ2v) is 7.28. The van der Waals surface area contributed by atoms with E-state index in [0.29, 0.717) is 35.1 Å². The zero-order valence-electron chi connectivity index (χ0n) is 14.4. The molecule has 1 saturated heterocycles. The Kier molecular flexibility index (Phi) is 4.66. The minimum Gasteiger partial charge on any atom is -0.496 e. The van der Waals surface area contributed by atoms with Crippen molar-refractivity contribution in [3.8, 4) is 11.4 Å². The molecular formula is C16H21ClN6O2. The van der Waals surface area contributed by atoms with Crippen LogP contribution in [0.1, 0.15) is 30.6 Å². The minimum absolute atomic E-state index is 0.0734. The van der Waals surface area contributed by atoms with Crippen LogP contribution in [0.25, 0.3) is 5.69 Å². The summed E-state index contributed by atoms with van der Waals surface area (Å²) in [6.07, 6.45) is 2.19. The lowest BCUT2D eigenvalue weighted by atomic mass is 9.79. The monoisotopic (exact) mass is 364 g/mol. The number of hydrogen-bond donors (Lipinski definition) is 1. The topological polar surface area (TPSA) is 99.2 Å². The SMILES string of the molecule is COc1cc(-n2cnnn2)c(Cl)cc1C(=O)N1CCC(N)C(C)(C)C1. The normalized spacial score (nSPS) is 19.7. The van der Waals surface area contributed by atoms with Gasteiger partial charge in [0.15, 0.2) is 0 Å². The number of methoxy groups -OCH3 is 1. The number of tetrazole rings is 1. The average molecular weight is 365 g/mol. The molecule has 2 aromatic rings. The van der Waals surface area contributed by atoms with E-state index in [9.17, 15) is 4.79 Å². The summed E-state index contributed by atoms with van der Waals surface area (Å²) < 4.78 is 6.83. The van der Waals surface area contributed by atoms with Gasteiger partial charge in [0.1, 0.15) is 12.1 Å². The highest BCUT2D eigenvalue weighted by Gasteiger charge is 2.36. The lowest BCUT2D eigenvalue weighted by molar-refractivity contribution is 0.0530. The fourth-order valence-electron chi connectivity index (χ4n) is 3.04. The van der Waals surface area contributed by atoms with Gasteiger partial charge in [0.2, 0.25) is 0 Å². The van der Waals surface area contributed by atoms with Gasteiger partial charge in [-0.05, 0) is 28.3 Å². The molecular weight excluding hydrogens is 344 g/mol. The third-order valence-electron chi connectivity index (χ3n) is 4.69. The Hall–Kier alpha value is -2.19. The lowest BCUT2D eigenvalue weighted by Gasteiger charge is -2.42. The van der Waals surface area contributed by atoms with Crippen LogP contribution in [0.5, 0.6) is 5.75 Å². The largest absolute Gasteiger partial charge is 0.496 e. The smallest absolute Gasteiger partial charge is 0.257 e. The summed E-state index contributed by atoms with van der Waals surface area (Å²) in [5.74, 6) is 0.301. The third kappa shape index (κ3) is 3.32. The quantitative estimate of drug-likeness (QED) is 0.886. The molecule has 1 aromatic carbocycles. The fourth-order valence-corrected chi connectivity index (χ4v) is 3.29. The van der Waals surface area contributed by atoms with Crippen molar-refractivity contribution in [2.24, 2.45) is 11.1 Å². The van der Waals surface area contributed by atoms with E-state index in [0.717, 1.165) is 6.42 Å². The Bertz CT molecular complexity index is 777. The van der Waals surface area contributed by atoms with Crippen LogP contribution >= 0.6 is 11.6 Å². The average Bonchev–Trinajstić information content (AvgIpc) is 3.10. The highest BCUT2D eigenvalue weighted by atomic mass is 35.5. The van der Waals surface area contributed by atoms with Crippen molar-refractivity contribution in [3.63, 3.8) is 0 Å². The molecule has 1 aliphatic rings. The van der Waals surface area contributed by atoms with Gasteiger partial charge in [-0.25, -0.2) is 0 Å². The predicted octanol–water partition coefficient (Wildman–Crippen LogP) is 1.52. The van der Waals surface area contributed by atoms with E-state index in [4.69, 9.17) is 22.1 Å². The van der Waals surface area contributed by atoms with Gasteiger partial charge in [-0.15, -0.1) is 5.10 Å². The Morgan fingerprint density at radius 3 is 2.80 bits per heavy atom. The Labute approximate surface area is 150 Å². The number of halogens is 1. The minimum atomic E-state index is -0.142. The second-order valence-electron chi connectivity index (χ2n) is 6.87. The molecule has 0 radical (unpaired) electrons. The predicted molar refractivity (Wildman–Crippen MR) is 93.0 cm³/mol. The van der Waals surface area contributed by atoms with E-state index < -0.39 is 0 Å². The van der Waals surface area contributed by atoms with Gasteiger partial charge in [0.05, 0.1) is 23.4 Å². The molecule has 25 heavy (non-hydrogen) atoms. The number of carbonyl (C=O) groups is 1. The Balaban J connectivity index is 1.94. The molecule has 0 spiro atoms. The fraction of sp³-hybridized carbons (Fsp3) is 0.500. The molecule has 9 heteroatoms. The van der Waals surface area contributed by atoms with Crippen LogP contribution in [0.2, 0.25) is 5.02 Å². The van der Waals surface area contributed by atoms with Crippen molar-refractivity contribution in [1.29, 1.82) is 0 Å². The van der Waals surface area contributed by atoms with E-state index in [2.05, 4.69) is 29.4 Å². The first-order valence-corrected chi connectivity index (χ1v) is 8.37. The summed E-state index contributed by atoms with van der Waals surface area (Å²) in [6.45, 7) is 5.34. The number of rotatable bonds is 3. The number of aromatic nitrogens is 4. The van der Waals surface area contributed by atoms with Crippen LogP contribution in [0.4, 0.5) is 0 Å². The molecule has 0 bridgehead atoms. The molecule has 3 rings (SSSR count). The number of benzene rings is 1. The van der Waals surface area contributed by atoms with Crippen molar-refractivity contribution in [2.75, 3.05) is 20.2 Å². The van der Waals surface area contributed by atoms with Gasteiger partial charge >= 0.3 is 0 Å². The Morgan fingerprint density at radius 1 is 1.44 bits per heavy atom. The number of likely N-dealkylation sites (tertiary alicyclic amines) is 1. The summed E-state index contributed by atoms with van der Waals surface area (Å²) in [5.41, 5.74) is 6.98. The number of hydrogen-bond acceptors (Lipinski definition) is 6. The zero-order chi connectivity index (χ0) is 18.2. The number of nitrogens with two attached hydrogens (primary N) is 1. The van der Waals surface area contributed by atoms with Crippen LogP contribution in [0.3, 0.4) is 0 Å². The Morgan fingerprint density at radius 2 is 2.20 bits per heavy atom. The number of ether oxygens (including phenoxy) is 1. The van der Waals surface area contributed by atoms with Gasteiger partial charge in [-0.2, -0.15) is 4.68 Å². The van der Waals surface area contributed by atoms with Gasteiger partial charge in [-0.3, -0.25) is 4.79 Å². The molecule has 1 aromatic heterocycles. The van der Waals surface area contributed by atoms with Crippen molar-refractivity contribution < 1.29 is 9.53 Å². The van der Waals surface area contributed by atoms with Crippen molar-refractivity contribution in [3.05, 3.63) is 29.0 Å². The standard InChI is InChI=1S/C16H21ClN6O2/c1-16(2)8-22(5-4-14(16)18)15(24)10-6-11(17)12(7-13(10)25-3)23-9-19-20-21-23/h6-7,9,14H,4-5,8,18H2,1-3H3. The number of carbonyl (C=O) groups excluding carboxylic acids is 1. The lowest BCUT2D eigenvalue weighted by Crippen LogP contribution is -2.54. The van der Waals surface area contributed by atoms with Gasteiger partial charge in [0, 0.05) is 25.2 Å². The maximum Gasteiger partial charge on any atom is 0.257 e. The van der Waals surface area contributed by atoms with Crippen molar-refractivity contribution in [2.45, 2.75) is 26.3 Å². The zero-order valence-corrected chi connectivity index (χ0v) is 15.2. The first-order valence-electron chi connectivity index (χ1n) is 7.99. The molecule has 0 saturated carbocycles. The highest BCUT2D eigenvalue weighted by molar-refractivity contribution is 6.33. The molecule has 0 aliphatic carbocycles. The van der Waals surface area contributed by atoms with E-state index >= 15 is 0 Å². The number of nitrogens with zero attached hydrogens (tertiary/aromatic N) is 5. The maximum absolute atomic E-state index is 13.0. The van der Waals surface area contributed by atoms with E-state index in [1.807, 2.05) is 0 Å². The maximum atomic E-state index is 13.0. The van der Waals surface area contributed by atoms with E-state index in [-0.39, 0.29) is 17.4 Å². The van der Waals surface area contributed by atoms with Crippen LogP contribution in [0, 0.1) is 5.41 Å². The van der Waals surface area contributed by atoms with E-state index in [1.54, 1.807) is 17.0 Å². The molecule has 2 heterocycles. The second kappa shape index (κ2) is 6.61. The molecule has 1 fully saturated rings.